The zero-order chi connectivity index (χ0) is 12.7. The average molecular weight is 279 g/mol. The van der Waals surface area contributed by atoms with Crippen molar-refractivity contribution in [2.45, 2.75) is 18.4 Å². The van der Waals surface area contributed by atoms with Crippen molar-refractivity contribution in [1.82, 2.24) is 0 Å². The van der Waals surface area contributed by atoms with Crippen LogP contribution >= 0.6 is 10.7 Å². The number of hydrogen-bond donors (Lipinski definition) is 0. The Hall–Kier alpha value is -0.620. The van der Waals surface area contributed by atoms with Crippen molar-refractivity contribution in [2.75, 3.05) is 19.8 Å². The van der Waals surface area contributed by atoms with Crippen molar-refractivity contribution in [2.24, 2.45) is 0 Å². The molecule has 0 radical (unpaired) electrons. The zero-order valence-corrected chi connectivity index (χ0v) is 11.1. The van der Waals surface area contributed by atoms with Crippen molar-refractivity contribution in [3.8, 4) is 0 Å². The Balaban J connectivity index is 2.49. The highest BCUT2D eigenvalue weighted by molar-refractivity contribution is 8.13. The van der Waals surface area contributed by atoms with Crippen LogP contribution in [0.2, 0.25) is 0 Å². The molecule has 0 atom stereocenters. The molecule has 1 rings (SSSR count). The normalized spacial score (nSPS) is 11.6. The van der Waals surface area contributed by atoms with Gasteiger partial charge in [0.25, 0.3) is 9.05 Å². The number of rotatable bonds is 7. The van der Waals surface area contributed by atoms with Gasteiger partial charge >= 0.3 is 0 Å². The number of benzene rings is 1. The average Bonchev–Trinajstić information content (AvgIpc) is 2.28. The summed E-state index contributed by atoms with van der Waals surface area (Å²) in [6.45, 7) is 3.92. The van der Waals surface area contributed by atoms with Gasteiger partial charge in [0.05, 0.1) is 24.7 Å². The molecule has 1 aromatic carbocycles. The molecule has 17 heavy (non-hydrogen) atoms. The maximum absolute atomic E-state index is 11.1. The first-order valence-corrected chi connectivity index (χ1v) is 7.54. The smallest absolute Gasteiger partial charge is 0.261 e. The molecule has 0 bridgehead atoms. The minimum absolute atomic E-state index is 0.0880. The molecule has 0 N–H and O–H groups in total. The third kappa shape index (κ3) is 5.50. The standard InChI is InChI=1S/C11H15ClO4S/c1-2-15-6-7-16-9-10-4-3-5-11(8-10)17(12,13)14/h3-5,8H,2,6-7,9H2,1H3. The van der Waals surface area contributed by atoms with Crippen LogP contribution < -0.4 is 0 Å². The molecule has 0 fully saturated rings. The first-order valence-electron chi connectivity index (χ1n) is 5.23. The third-order valence-electron chi connectivity index (χ3n) is 2.02. The van der Waals surface area contributed by atoms with E-state index in [4.69, 9.17) is 20.2 Å². The summed E-state index contributed by atoms with van der Waals surface area (Å²) < 4.78 is 32.6. The second-order valence-corrected chi connectivity index (χ2v) is 5.90. The Labute approximate surface area is 106 Å². The van der Waals surface area contributed by atoms with E-state index in [-0.39, 0.29) is 4.90 Å². The van der Waals surface area contributed by atoms with Crippen LogP contribution in [0.15, 0.2) is 29.2 Å². The summed E-state index contributed by atoms with van der Waals surface area (Å²) in [7, 11) is 1.57. The molecule has 0 saturated carbocycles. The minimum Gasteiger partial charge on any atom is -0.379 e. The van der Waals surface area contributed by atoms with Gasteiger partial charge in [-0.1, -0.05) is 12.1 Å². The Morgan fingerprint density at radius 1 is 1.24 bits per heavy atom. The lowest BCUT2D eigenvalue weighted by Crippen LogP contribution is -2.04. The highest BCUT2D eigenvalue weighted by atomic mass is 35.7. The van der Waals surface area contributed by atoms with Gasteiger partial charge in [-0.25, -0.2) is 8.42 Å². The molecule has 0 aliphatic heterocycles. The molecule has 0 spiro atoms. The quantitative estimate of drug-likeness (QED) is 0.567. The SMILES string of the molecule is CCOCCOCc1cccc(S(=O)(=O)Cl)c1. The summed E-state index contributed by atoms with van der Waals surface area (Å²) in [5.74, 6) is 0. The van der Waals surface area contributed by atoms with E-state index in [1.54, 1.807) is 12.1 Å². The molecule has 6 heteroatoms. The lowest BCUT2D eigenvalue weighted by Gasteiger charge is -2.05. The molecule has 0 aliphatic carbocycles. The van der Waals surface area contributed by atoms with Crippen molar-refractivity contribution >= 4 is 19.7 Å². The van der Waals surface area contributed by atoms with Gasteiger partial charge in [-0.05, 0) is 24.6 Å². The predicted molar refractivity (Wildman–Crippen MR) is 65.6 cm³/mol. The van der Waals surface area contributed by atoms with Crippen LogP contribution in [0.25, 0.3) is 0 Å². The van der Waals surface area contributed by atoms with E-state index in [9.17, 15) is 8.42 Å². The van der Waals surface area contributed by atoms with E-state index in [2.05, 4.69) is 0 Å². The van der Waals surface area contributed by atoms with E-state index in [1.165, 1.54) is 12.1 Å². The van der Waals surface area contributed by atoms with Crippen LogP contribution in [-0.4, -0.2) is 28.2 Å². The summed E-state index contributed by atoms with van der Waals surface area (Å²) in [6.07, 6.45) is 0. The predicted octanol–water partition coefficient (Wildman–Crippen LogP) is 2.17. The number of ether oxygens (including phenoxy) is 2. The fourth-order valence-corrected chi connectivity index (χ4v) is 2.06. The van der Waals surface area contributed by atoms with Gasteiger partial charge in [0.1, 0.15) is 0 Å². The Kier molecular flexibility index (Phi) is 5.91. The highest BCUT2D eigenvalue weighted by Gasteiger charge is 2.09. The monoisotopic (exact) mass is 278 g/mol. The van der Waals surface area contributed by atoms with Crippen LogP contribution in [0.3, 0.4) is 0 Å². The summed E-state index contributed by atoms with van der Waals surface area (Å²) in [6, 6.07) is 6.37. The molecular formula is C11H15ClO4S. The maximum atomic E-state index is 11.1. The Bertz CT molecular complexity index is 445. The lowest BCUT2D eigenvalue weighted by atomic mass is 10.2. The summed E-state index contributed by atoms with van der Waals surface area (Å²) >= 11 is 0. The van der Waals surface area contributed by atoms with Crippen LogP contribution in [-0.2, 0) is 25.1 Å². The van der Waals surface area contributed by atoms with Crippen molar-refractivity contribution < 1.29 is 17.9 Å². The van der Waals surface area contributed by atoms with Crippen LogP contribution in [0, 0.1) is 0 Å². The first-order chi connectivity index (χ1) is 8.04. The van der Waals surface area contributed by atoms with Crippen molar-refractivity contribution in [3.05, 3.63) is 29.8 Å². The maximum Gasteiger partial charge on any atom is 0.261 e. The number of hydrogen-bond acceptors (Lipinski definition) is 4. The minimum atomic E-state index is -3.67. The lowest BCUT2D eigenvalue weighted by molar-refractivity contribution is 0.0452. The van der Waals surface area contributed by atoms with Gasteiger partial charge in [-0.3, -0.25) is 0 Å². The van der Waals surface area contributed by atoms with E-state index in [0.29, 0.717) is 26.4 Å². The molecule has 1 aromatic rings. The third-order valence-corrected chi connectivity index (χ3v) is 3.38. The Morgan fingerprint density at radius 3 is 2.59 bits per heavy atom. The molecule has 0 saturated heterocycles. The molecule has 96 valence electrons. The van der Waals surface area contributed by atoms with Gasteiger partial charge in [-0.2, -0.15) is 0 Å². The van der Waals surface area contributed by atoms with E-state index < -0.39 is 9.05 Å². The molecule has 0 amide bonds. The van der Waals surface area contributed by atoms with Gasteiger partial charge in [-0.15, -0.1) is 0 Å². The Morgan fingerprint density at radius 2 is 1.94 bits per heavy atom. The van der Waals surface area contributed by atoms with E-state index in [0.717, 1.165) is 5.56 Å². The van der Waals surface area contributed by atoms with Gasteiger partial charge < -0.3 is 9.47 Å². The van der Waals surface area contributed by atoms with Gasteiger partial charge in [0.15, 0.2) is 0 Å². The van der Waals surface area contributed by atoms with E-state index in [1.807, 2.05) is 6.92 Å². The fourth-order valence-electron chi connectivity index (χ4n) is 1.24. The second-order valence-electron chi connectivity index (χ2n) is 3.33. The highest BCUT2D eigenvalue weighted by Crippen LogP contribution is 2.16. The molecule has 0 heterocycles. The topological polar surface area (TPSA) is 52.6 Å². The van der Waals surface area contributed by atoms with Crippen LogP contribution in [0.4, 0.5) is 0 Å². The molecular weight excluding hydrogens is 264 g/mol. The second kappa shape index (κ2) is 6.96. The van der Waals surface area contributed by atoms with Gasteiger partial charge in [0.2, 0.25) is 0 Å². The molecule has 0 unspecified atom stereocenters. The largest absolute Gasteiger partial charge is 0.379 e. The summed E-state index contributed by atoms with van der Waals surface area (Å²) in [4.78, 5) is 0.0880. The summed E-state index contributed by atoms with van der Waals surface area (Å²) in [5.41, 5.74) is 0.767. The van der Waals surface area contributed by atoms with Gasteiger partial charge in [0, 0.05) is 17.3 Å². The van der Waals surface area contributed by atoms with E-state index >= 15 is 0 Å². The molecule has 4 nitrogen and oxygen atoms in total. The van der Waals surface area contributed by atoms with Crippen molar-refractivity contribution in [3.63, 3.8) is 0 Å². The fraction of sp³-hybridized carbons (Fsp3) is 0.455. The molecule has 0 aliphatic rings. The summed E-state index contributed by atoms with van der Waals surface area (Å²) in [5, 5.41) is 0. The first kappa shape index (κ1) is 14.4. The van der Waals surface area contributed by atoms with Crippen LogP contribution in [0.5, 0.6) is 0 Å². The molecule has 0 aromatic heterocycles. The van der Waals surface area contributed by atoms with Crippen LogP contribution in [0.1, 0.15) is 12.5 Å². The van der Waals surface area contributed by atoms with Crippen molar-refractivity contribution in [1.29, 1.82) is 0 Å². The zero-order valence-electron chi connectivity index (χ0n) is 9.56. The number of halogens is 1.